The van der Waals surface area contributed by atoms with Gasteiger partial charge in [0.05, 0.1) is 18.3 Å². The Morgan fingerprint density at radius 1 is 0.893 bits per heavy atom. The average molecular weight is 372 g/mol. The summed E-state index contributed by atoms with van der Waals surface area (Å²) in [7, 11) is 0. The molecule has 3 aromatic rings. The van der Waals surface area contributed by atoms with Crippen LogP contribution in [0.5, 0.6) is 0 Å². The van der Waals surface area contributed by atoms with Crippen molar-refractivity contribution in [1.29, 1.82) is 0 Å². The normalized spacial score (nSPS) is 13.4. The maximum atomic E-state index is 12.1. The van der Waals surface area contributed by atoms with Gasteiger partial charge in [-0.05, 0) is 54.8 Å². The molecule has 5 heteroatoms. The molecule has 28 heavy (non-hydrogen) atoms. The second kappa shape index (κ2) is 8.57. The third kappa shape index (κ3) is 4.68. The molecule has 1 aliphatic heterocycles. The molecule has 0 atom stereocenters. The van der Waals surface area contributed by atoms with Gasteiger partial charge in [0.25, 0.3) is 0 Å². The van der Waals surface area contributed by atoms with E-state index in [0.29, 0.717) is 12.2 Å². The molecule has 0 bridgehead atoms. The van der Waals surface area contributed by atoms with Crippen LogP contribution in [-0.2, 0) is 11.2 Å². The number of rotatable bonds is 6. The van der Waals surface area contributed by atoms with Crippen molar-refractivity contribution in [2.45, 2.75) is 19.3 Å². The number of benzene rings is 2. The lowest BCUT2D eigenvalue weighted by molar-refractivity contribution is -0.115. The second-order valence-electron chi connectivity index (χ2n) is 7.01. The third-order valence-corrected chi connectivity index (χ3v) is 4.87. The molecule has 0 radical (unpaired) electrons. The highest BCUT2D eigenvalue weighted by Crippen LogP contribution is 2.24. The number of pyridine rings is 1. The van der Waals surface area contributed by atoms with E-state index in [2.05, 4.69) is 44.8 Å². The average Bonchev–Trinajstić information content (AvgIpc) is 3.26. The van der Waals surface area contributed by atoms with Crippen molar-refractivity contribution in [2.75, 3.05) is 28.6 Å². The molecule has 2 N–H and O–H groups in total. The van der Waals surface area contributed by atoms with Crippen LogP contribution in [0.4, 0.5) is 22.9 Å². The summed E-state index contributed by atoms with van der Waals surface area (Å²) in [5, 5.41) is 6.19. The smallest absolute Gasteiger partial charge is 0.229 e. The van der Waals surface area contributed by atoms with Crippen molar-refractivity contribution in [3.63, 3.8) is 0 Å². The minimum absolute atomic E-state index is 0.0723. The number of carbonyl (C=O) groups excluding carboxylic acids is 1. The zero-order valence-electron chi connectivity index (χ0n) is 15.8. The summed E-state index contributed by atoms with van der Waals surface area (Å²) in [6, 6.07) is 21.9. The van der Waals surface area contributed by atoms with E-state index in [1.54, 1.807) is 6.20 Å². The van der Waals surface area contributed by atoms with Crippen LogP contribution in [0.25, 0.3) is 0 Å². The topological polar surface area (TPSA) is 57.3 Å². The van der Waals surface area contributed by atoms with Crippen molar-refractivity contribution >= 4 is 28.8 Å². The molecule has 0 unspecified atom stereocenters. The van der Waals surface area contributed by atoms with E-state index >= 15 is 0 Å². The minimum atomic E-state index is -0.0723. The number of aromatic nitrogens is 1. The molecule has 0 saturated carbocycles. The fourth-order valence-corrected chi connectivity index (χ4v) is 3.41. The van der Waals surface area contributed by atoms with Gasteiger partial charge in [-0.25, -0.2) is 4.98 Å². The SMILES string of the molecule is O=C(Cc1ccccc1)Nc1ccc(Nc2ccc(N3CCCC3)cc2)cn1. The Labute approximate surface area is 165 Å². The zero-order chi connectivity index (χ0) is 19.2. The second-order valence-corrected chi connectivity index (χ2v) is 7.01. The summed E-state index contributed by atoms with van der Waals surface area (Å²) in [6.07, 6.45) is 4.62. The number of hydrogen-bond donors (Lipinski definition) is 2. The van der Waals surface area contributed by atoms with E-state index in [1.165, 1.54) is 18.5 Å². The van der Waals surface area contributed by atoms with E-state index in [4.69, 9.17) is 0 Å². The molecule has 1 amide bonds. The number of nitrogens with one attached hydrogen (secondary N) is 2. The van der Waals surface area contributed by atoms with Gasteiger partial charge in [-0.15, -0.1) is 0 Å². The van der Waals surface area contributed by atoms with Crippen LogP contribution in [0.2, 0.25) is 0 Å². The molecule has 1 fully saturated rings. The first kappa shape index (κ1) is 18.0. The molecule has 2 aromatic carbocycles. The number of nitrogens with zero attached hydrogens (tertiary/aromatic N) is 2. The van der Waals surface area contributed by atoms with Crippen LogP contribution < -0.4 is 15.5 Å². The van der Waals surface area contributed by atoms with Crippen LogP contribution in [0.3, 0.4) is 0 Å². The van der Waals surface area contributed by atoms with Crippen molar-refractivity contribution < 1.29 is 4.79 Å². The Kier molecular flexibility index (Phi) is 5.52. The van der Waals surface area contributed by atoms with Gasteiger partial charge in [-0.1, -0.05) is 30.3 Å². The third-order valence-electron chi connectivity index (χ3n) is 4.87. The molecule has 1 saturated heterocycles. The molecule has 4 rings (SSSR count). The molecule has 142 valence electrons. The number of carbonyl (C=O) groups is 1. The summed E-state index contributed by atoms with van der Waals surface area (Å²) in [4.78, 5) is 18.9. The van der Waals surface area contributed by atoms with E-state index in [-0.39, 0.29) is 5.91 Å². The Morgan fingerprint density at radius 3 is 2.29 bits per heavy atom. The van der Waals surface area contributed by atoms with Crippen molar-refractivity contribution in [3.05, 3.63) is 78.5 Å². The number of hydrogen-bond acceptors (Lipinski definition) is 4. The first-order valence-electron chi connectivity index (χ1n) is 9.68. The van der Waals surface area contributed by atoms with Crippen LogP contribution in [0, 0.1) is 0 Å². The van der Waals surface area contributed by atoms with Gasteiger partial charge in [0.2, 0.25) is 5.91 Å². The summed E-state index contributed by atoms with van der Waals surface area (Å²) in [6.45, 7) is 2.29. The van der Waals surface area contributed by atoms with E-state index in [0.717, 1.165) is 30.0 Å². The highest BCUT2D eigenvalue weighted by Gasteiger charge is 2.11. The van der Waals surface area contributed by atoms with Gasteiger partial charge >= 0.3 is 0 Å². The molecular weight excluding hydrogens is 348 g/mol. The highest BCUT2D eigenvalue weighted by molar-refractivity contribution is 5.91. The minimum Gasteiger partial charge on any atom is -0.372 e. The lowest BCUT2D eigenvalue weighted by Crippen LogP contribution is -2.17. The van der Waals surface area contributed by atoms with Gasteiger partial charge in [-0.2, -0.15) is 0 Å². The van der Waals surface area contributed by atoms with Gasteiger partial charge in [-0.3, -0.25) is 4.79 Å². The van der Waals surface area contributed by atoms with E-state index < -0.39 is 0 Å². The largest absolute Gasteiger partial charge is 0.372 e. The van der Waals surface area contributed by atoms with Crippen LogP contribution >= 0.6 is 0 Å². The first-order chi connectivity index (χ1) is 13.8. The van der Waals surface area contributed by atoms with Crippen molar-refractivity contribution in [3.8, 4) is 0 Å². The number of anilines is 4. The van der Waals surface area contributed by atoms with E-state index in [9.17, 15) is 4.79 Å². The summed E-state index contributed by atoms with van der Waals surface area (Å²) in [5.74, 6) is 0.479. The Balaban J connectivity index is 1.32. The molecule has 1 aromatic heterocycles. The lowest BCUT2D eigenvalue weighted by atomic mass is 10.1. The van der Waals surface area contributed by atoms with Crippen molar-refractivity contribution in [1.82, 2.24) is 4.98 Å². The van der Waals surface area contributed by atoms with Crippen LogP contribution in [0.1, 0.15) is 18.4 Å². The predicted molar refractivity (Wildman–Crippen MR) is 114 cm³/mol. The summed E-state index contributed by atoms with van der Waals surface area (Å²) in [5.41, 5.74) is 4.16. The predicted octanol–water partition coefficient (Wildman–Crippen LogP) is 4.61. The van der Waals surface area contributed by atoms with Gasteiger partial charge in [0.15, 0.2) is 0 Å². The molecular formula is C23H24N4O. The zero-order valence-corrected chi connectivity index (χ0v) is 15.8. The maximum absolute atomic E-state index is 12.1. The Hall–Kier alpha value is -3.34. The molecule has 0 aliphatic carbocycles. The molecule has 2 heterocycles. The first-order valence-corrected chi connectivity index (χ1v) is 9.68. The van der Waals surface area contributed by atoms with Crippen LogP contribution in [-0.4, -0.2) is 24.0 Å². The van der Waals surface area contributed by atoms with Gasteiger partial charge in [0.1, 0.15) is 5.82 Å². The van der Waals surface area contributed by atoms with Crippen molar-refractivity contribution in [2.24, 2.45) is 0 Å². The lowest BCUT2D eigenvalue weighted by Gasteiger charge is -2.18. The number of amides is 1. The monoisotopic (exact) mass is 372 g/mol. The van der Waals surface area contributed by atoms with Crippen LogP contribution in [0.15, 0.2) is 72.9 Å². The van der Waals surface area contributed by atoms with Gasteiger partial charge in [0, 0.05) is 24.5 Å². The molecule has 5 nitrogen and oxygen atoms in total. The Morgan fingerprint density at radius 2 is 1.61 bits per heavy atom. The Bertz CT molecular complexity index is 902. The fraction of sp³-hybridized carbons (Fsp3) is 0.217. The van der Waals surface area contributed by atoms with E-state index in [1.807, 2.05) is 42.5 Å². The molecule has 1 aliphatic rings. The maximum Gasteiger partial charge on any atom is 0.229 e. The summed E-state index contributed by atoms with van der Waals surface area (Å²) >= 11 is 0. The summed E-state index contributed by atoms with van der Waals surface area (Å²) < 4.78 is 0. The highest BCUT2D eigenvalue weighted by atomic mass is 16.1. The quantitative estimate of drug-likeness (QED) is 0.664. The standard InChI is InChI=1S/C23H24N4O/c28-23(16-18-6-2-1-3-7-18)26-22-13-10-20(17-24-22)25-19-8-11-21(12-9-19)27-14-4-5-15-27/h1-3,6-13,17,25H,4-5,14-16H2,(H,24,26,28). The van der Waals surface area contributed by atoms with Gasteiger partial charge < -0.3 is 15.5 Å². The molecule has 0 spiro atoms. The fourth-order valence-electron chi connectivity index (χ4n) is 3.41.